The van der Waals surface area contributed by atoms with E-state index in [1.807, 2.05) is 72.3 Å². The molecule has 0 aliphatic rings. The second kappa shape index (κ2) is 10.7. The van der Waals surface area contributed by atoms with Gasteiger partial charge < -0.3 is 15.0 Å². The molecule has 0 saturated carbocycles. The summed E-state index contributed by atoms with van der Waals surface area (Å²) in [6.45, 7) is 2.29. The zero-order chi connectivity index (χ0) is 28.5. The van der Waals surface area contributed by atoms with Gasteiger partial charge in [-0.3, -0.25) is 9.78 Å². The minimum absolute atomic E-state index is 0.190. The normalized spacial score (nSPS) is 12.0. The lowest BCUT2D eigenvalue weighted by atomic mass is 9.99. The van der Waals surface area contributed by atoms with Crippen LogP contribution in [0.4, 0.5) is 4.39 Å². The number of carboxylic acid groups (broad SMARTS) is 1. The van der Waals surface area contributed by atoms with Crippen LogP contribution in [0.15, 0.2) is 109 Å². The topological polar surface area (TPSA) is 84.2 Å². The third kappa shape index (κ3) is 5.30. The van der Waals surface area contributed by atoms with Crippen LogP contribution < -0.4 is 5.32 Å². The molecule has 2 N–H and O–H groups in total. The van der Waals surface area contributed by atoms with Gasteiger partial charge in [0.05, 0.1) is 40.4 Å². The number of aromatic nitrogens is 2. The Balaban J connectivity index is 1.38. The van der Waals surface area contributed by atoms with Crippen molar-refractivity contribution in [3.8, 4) is 11.1 Å². The Bertz CT molecular complexity index is 1910. The maximum atomic E-state index is 13.8. The standard InChI is InChI=1S/C34H26FN3O3/c1-21(22-7-9-24(10-8-22)34(40)41)36-33(39)30-19-27(23-5-3-2-4-6-23)17-26-15-16-38(32(26)30)20-29-13-11-25-18-28(35)12-14-31(25)37-29/h2-19,21H,20H2,1H3,(H,36,39)(H,40,41)/t21-/m0/s1. The molecule has 7 heteroatoms. The van der Waals surface area contributed by atoms with Crippen LogP contribution in [0.3, 0.4) is 0 Å². The number of amides is 1. The first kappa shape index (κ1) is 26.0. The molecule has 0 spiro atoms. The summed E-state index contributed by atoms with van der Waals surface area (Å²) < 4.78 is 15.7. The Kier molecular flexibility index (Phi) is 6.77. The van der Waals surface area contributed by atoms with Crippen LogP contribution in [0.2, 0.25) is 0 Å². The van der Waals surface area contributed by atoms with Gasteiger partial charge in [-0.05, 0) is 78.2 Å². The van der Waals surface area contributed by atoms with Crippen molar-refractivity contribution < 1.29 is 19.1 Å². The number of carbonyl (C=O) groups excluding carboxylic acids is 1. The van der Waals surface area contributed by atoms with Crippen molar-refractivity contribution in [3.05, 3.63) is 138 Å². The van der Waals surface area contributed by atoms with Crippen LogP contribution in [-0.4, -0.2) is 26.5 Å². The summed E-state index contributed by atoms with van der Waals surface area (Å²) >= 11 is 0. The van der Waals surface area contributed by atoms with Gasteiger partial charge in [0.2, 0.25) is 0 Å². The summed E-state index contributed by atoms with van der Waals surface area (Å²) in [5, 5.41) is 13.9. The highest BCUT2D eigenvalue weighted by molar-refractivity contribution is 6.08. The number of benzene rings is 4. The average Bonchev–Trinajstić information content (AvgIpc) is 3.39. The predicted molar refractivity (Wildman–Crippen MR) is 157 cm³/mol. The Morgan fingerprint density at radius 1 is 0.878 bits per heavy atom. The highest BCUT2D eigenvalue weighted by Crippen LogP contribution is 2.30. The molecule has 0 bridgehead atoms. The molecule has 0 radical (unpaired) electrons. The first-order valence-corrected chi connectivity index (χ1v) is 13.2. The summed E-state index contributed by atoms with van der Waals surface area (Å²) in [5.41, 5.74) is 5.68. The molecule has 202 valence electrons. The molecular weight excluding hydrogens is 517 g/mol. The molecule has 0 saturated heterocycles. The lowest BCUT2D eigenvalue weighted by Crippen LogP contribution is -2.27. The molecule has 6 aromatic rings. The van der Waals surface area contributed by atoms with Gasteiger partial charge in [0.15, 0.2) is 0 Å². The zero-order valence-corrected chi connectivity index (χ0v) is 22.2. The van der Waals surface area contributed by atoms with E-state index in [1.54, 1.807) is 18.2 Å². The molecule has 6 rings (SSSR count). The zero-order valence-electron chi connectivity index (χ0n) is 22.2. The number of carboxylic acids is 1. The van der Waals surface area contributed by atoms with Gasteiger partial charge in [0, 0.05) is 17.0 Å². The number of fused-ring (bicyclic) bond motifs is 2. The van der Waals surface area contributed by atoms with E-state index in [4.69, 9.17) is 4.98 Å². The Labute approximate surface area is 235 Å². The maximum Gasteiger partial charge on any atom is 0.335 e. The average molecular weight is 544 g/mol. The van der Waals surface area contributed by atoms with E-state index in [0.29, 0.717) is 17.6 Å². The largest absolute Gasteiger partial charge is 0.478 e. The number of halogens is 1. The van der Waals surface area contributed by atoms with Gasteiger partial charge in [0.1, 0.15) is 5.82 Å². The third-order valence-corrected chi connectivity index (χ3v) is 7.26. The Hall–Kier alpha value is -5.30. The molecule has 41 heavy (non-hydrogen) atoms. The molecule has 2 heterocycles. The predicted octanol–water partition coefficient (Wildman–Crippen LogP) is 7.23. The Morgan fingerprint density at radius 3 is 2.41 bits per heavy atom. The summed E-state index contributed by atoms with van der Waals surface area (Å²) in [5.74, 6) is -1.55. The van der Waals surface area contributed by atoms with E-state index in [1.165, 1.54) is 24.3 Å². The summed E-state index contributed by atoms with van der Waals surface area (Å²) in [6, 6.07) is 30.2. The van der Waals surface area contributed by atoms with Gasteiger partial charge in [-0.25, -0.2) is 9.18 Å². The minimum atomic E-state index is -0.998. The van der Waals surface area contributed by atoms with Gasteiger partial charge >= 0.3 is 5.97 Å². The Morgan fingerprint density at radius 2 is 1.66 bits per heavy atom. The van der Waals surface area contributed by atoms with Crippen LogP contribution in [0.1, 0.15) is 44.9 Å². The third-order valence-electron chi connectivity index (χ3n) is 7.26. The SMILES string of the molecule is C[C@H](NC(=O)c1cc(-c2ccccc2)cc2ccn(Cc3ccc4cc(F)ccc4n3)c12)c1ccc(C(=O)O)cc1. The van der Waals surface area contributed by atoms with E-state index in [9.17, 15) is 19.1 Å². The first-order valence-electron chi connectivity index (χ1n) is 13.2. The highest BCUT2D eigenvalue weighted by Gasteiger charge is 2.19. The molecule has 1 atom stereocenters. The lowest BCUT2D eigenvalue weighted by Gasteiger charge is -2.17. The number of carbonyl (C=O) groups is 2. The number of nitrogens with zero attached hydrogens (tertiary/aromatic N) is 2. The number of pyridine rings is 1. The number of rotatable bonds is 7. The van der Waals surface area contributed by atoms with Gasteiger partial charge in [-0.2, -0.15) is 0 Å². The van der Waals surface area contributed by atoms with Crippen molar-refractivity contribution in [2.75, 3.05) is 0 Å². The van der Waals surface area contributed by atoms with Gasteiger partial charge in [-0.1, -0.05) is 48.5 Å². The van der Waals surface area contributed by atoms with E-state index in [2.05, 4.69) is 11.4 Å². The molecule has 0 fully saturated rings. The highest BCUT2D eigenvalue weighted by atomic mass is 19.1. The smallest absolute Gasteiger partial charge is 0.335 e. The maximum absolute atomic E-state index is 13.8. The quantitative estimate of drug-likeness (QED) is 0.222. The first-order chi connectivity index (χ1) is 19.9. The van der Waals surface area contributed by atoms with Crippen LogP contribution in [0, 0.1) is 5.82 Å². The van der Waals surface area contributed by atoms with E-state index >= 15 is 0 Å². The lowest BCUT2D eigenvalue weighted by molar-refractivity contribution is 0.0696. The van der Waals surface area contributed by atoms with Gasteiger partial charge in [-0.15, -0.1) is 0 Å². The van der Waals surface area contributed by atoms with Gasteiger partial charge in [0.25, 0.3) is 5.91 Å². The molecule has 4 aromatic carbocycles. The van der Waals surface area contributed by atoms with Crippen molar-refractivity contribution in [1.82, 2.24) is 14.9 Å². The van der Waals surface area contributed by atoms with E-state index in [-0.39, 0.29) is 23.3 Å². The summed E-state index contributed by atoms with van der Waals surface area (Å²) in [6.07, 6.45) is 1.95. The van der Waals surface area contributed by atoms with Crippen molar-refractivity contribution in [2.45, 2.75) is 19.5 Å². The van der Waals surface area contributed by atoms with Crippen molar-refractivity contribution >= 4 is 33.7 Å². The number of hydrogen-bond donors (Lipinski definition) is 2. The molecule has 0 unspecified atom stereocenters. The molecule has 6 nitrogen and oxygen atoms in total. The minimum Gasteiger partial charge on any atom is -0.478 e. The summed E-state index contributed by atoms with van der Waals surface area (Å²) in [4.78, 5) is 29.8. The molecule has 2 aromatic heterocycles. The fourth-order valence-corrected chi connectivity index (χ4v) is 5.12. The second-order valence-corrected chi connectivity index (χ2v) is 10.0. The van der Waals surface area contributed by atoms with Crippen LogP contribution in [-0.2, 0) is 6.54 Å². The van der Waals surface area contributed by atoms with Crippen LogP contribution in [0.5, 0.6) is 0 Å². The van der Waals surface area contributed by atoms with Crippen molar-refractivity contribution in [1.29, 1.82) is 0 Å². The van der Waals surface area contributed by atoms with E-state index in [0.717, 1.165) is 38.7 Å². The molecule has 0 aliphatic carbocycles. The fraction of sp³-hybridized carbons (Fsp3) is 0.0882. The number of nitrogens with one attached hydrogen (secondary N) is 1. The summed E-state index contributed by atoms with van der Waals surface area (Å²) in [7, 11) is 0. The molecular formula is C34H26FN3O3. The second-order valence-electron chi connectivity index (χ2n) is 10.0. The van der Waals surface area contributed by atoms with Crippen molar-refractivity contribution in [3.63, 3.8) is 0 Å². The van der Waals surface area contributed by atoms with Crippen LogP contribution in [0.25, 0.3) is 32.9 Å². The van der Waals surface area contributed by atoms with E-state index < -0.39 is 5.97 Å². The monoisotopic (exact) mass is 543 g/mol. The fourth-order valence-electron chi connectivity index (χ4n) is 5.12. The van der Waals surface area contributed by atoms with Crippen LogP contribution >= 0.6 is 0 Å². The molecule has 0 aliphatic heterocycles. The van der Waals surface area contributed by atoms with Crippen molar-refractivity contribution in [2.24, 2.45) is 0 Å². The number of aromatic carboxylic acids is 1. The number of hydrogen-bond acceptors (Lipinski definition) is 3. The molecule has 1 amide bonds.